The van der Waals surface area contributed by atoms with Crippen LogP contribution in [0.3, 0.4) is 0 Å². The highest BCUT2D eigenvalue weighted by atomic mass is 16.5. The van der Waals surface area contributed by atoms with E-state index in [2.05, 4.69) is 11.1 Å². The van der Waals surface area contributed by atoms with E-state index in [0.29, 0.717) is 28.5 Å². The summed E-state index contributed by atoms with van der Waals surface area (Å²) in [7, 11) is 1.69. The molecule has 0 bridgehead atoms. The summed E-state index contributed by atoms with van der Waals surface area (Å²) in [4.78, 5) is 14.0. The third-order valence-corrected chi connectivity index (χ3v) is 3.06. The molecule has 2 rings (SSSR count). The van der Waals surface area contributed by atoms with Crippen molar-refractivity contribution in [3.63, 3.8) is 0 Å². The lowest BCUT2D eigenvalue weighted by molar-refractivity contribution is 0.0992. The molecule has 1 amide bonds. The molecule has 1 heterocycles. The first kappa shape index (κ1) is 14.7. The van der Waals surface area contributed by atoms with Crippen LogP contribution < -0.4 is 9.64 Å². The number of carbonyl (C=O) groups is 1. The zero-order chi connectivity index (χ0) is 15.4. The zero-order valence-electron chi connectivity index (χ0n) is 12.2. The smallest absolute Gasteiger partial charge is 0.258 e. The summed E-state index contributed by atoms with van der Waals surface area (Å²) in [5.41, 5.74) is 1.91. The average Bonchev–Trinajstić information content (AvgIpc) is 2.83. The van der Waals surface area contributed by atoms with Crippen LogP contribution in [0.25, 0.3) is 0 Å². The number of hydrogen-bond acceptors (Lipinski definition) is 4. The van der Waals surface area contributed by atoms with Gasteiger partial charge in [0.15, 0.2) is 5.76 Å². The van der Waals surface area contributed by atoms with Crippen LogP contribution in [0.15, 0.2) is 28.8 Å². The van der Waals surface area contributed by atoms with Crippen molar-refractivity contribution in [2.24, 2.45) is 0 Å². The van der Waals surface area contributed by atoms with E-state index in [1.165, 1.54) is 4.90 Å². The van der Waals surface area contributed by atoms with Crippen LogP contribution in [0.4, 0.5) is 5.69 Å². The number of nitrogens with zero attached hydrogens (tertiary/aromatic N) is 2. The van der Waals surface area contributed by atoms with Crippen molar-refractivity contribution in [2.45, 2.75) is 13.8 Å². The Morgan fingerprint density at radius 3 is 2.57 bits per heavy atom. The third-order valence-electron chi connectivity index (χ3n) is 3.06. The van der Waals surface area contributed by atoms with Crippen LogP contribution in [0.5, 0.6) is 5.75 Å². The summed E-state index contributed by atoms with van der Waals surface area (Å²) in [5.74, 6) is 3.48. The minimum atomic E-state index is -0.145. The van der Waals surface area contributed by atoms with Gasteiger partial charge in [0.2, 0.25) is 0 Å². The van der Waals surface area contributed by atoms with E-state index in [4.69, 9.17) is 15.7 Å². The van der Waals surface area contributed by atoms with Crippen LogP contribution in [0.2, 0.25) is 0 Å². The number of ether oxygens (including phenoxy) is 1. The Bertz CT molecular complexity index is 661. The van der Waals surface area contributed by atoms with Gasteiger partial charge in [0, 0.05) is 12.6 Å². The standard InChI is InChI=1S/C16H16N2O3/c1-5-10-20-14-8-6-13(7-9-14)16(19)18(4)15-11(2)17-21-12(15)3/h1,6-9H,10H2,2-4H3. The molecule has 0 spiro atoms. The summed E-state index contributed by atoms with van der Waals surface area (Å²) < 4.78 is 10.4. The van der Waals surface area contributed by atoms with Gasteiger partial charge in [0.1, 0.15) is 23.7 Å². The van der Waals surface area contributed by atoms with Crippen LogP contribution >= 0.6 is 0 Å². The van der Waals surface area contributed by atoms with Gasteiger partial charge >= 0.3 is 0 Å². The van der Waals surface area contributed by atoms with Crippen molar-refractivity contribution in [1.29, 1.82) is 0 Å². The number of carbonyl (C=O) groups excluding carboxylic acids is 1. The SMILES string of the molecule is C#CCOc1ccc(C(=O)N(C)c2c(C)noc2C)cc1. The predicted molar refractivity (Wildman–Crippen MR) is 79.5 cm³/mol. The first-order valence-corrected chi connectivity index (χ1v) is 6.42. The number of benzene rings is 1. The van der Waals surface area contributed by atoms with Gasteiger partial charge in [-0.15, -0.1) is 6.42 Å². The summed E-state index contributed by atoms with van der Waals surface area (Å²) in [6.45, 7) is 3.77. The van der Waals surface area contributed by atoms with Crippen molar-refractivity contribution in [1.82, 2.24) is 5.16 Å². The first-order chi connectivity index (χ1) is 10.0. The second-order valence-corrected chi connectivity index (χ2v) is 4.55. The lowest BCUT2D eigenvalue weighted by atomic mass is 10.1. The molecule has 0 aliphatic rings. The molecule has 1 aromatic heterocycles. The molecule has 0 unspecified atom stereocenters. The number of terminal acetylenes is 1. The number of anilines is 1. The molecular formula is C16H16N2O3. The number of aromatic nitrogens is 1. The topological polar surface area (TPSA) is 55.6 Å². The van der Waals surface area contributed by atoms with Gasteiger partial charge in [0.05, 0.1) is 0 Å². The molecule has 0 aliphatic carbocycles. The Morgan fingerprint density at radius 1 is 1.38 bits per heavy atom. The highest BCUT2D eigenvalue weighted by Crippen LogP contribution is 2.24. The van der Waals surface area contributed by atoms with Crippen molar-refractivity contribution in [3.05, 3.63) is 41.3 Å². The Hall–Kier alpha value is -2.74. The van der Waals surface area contributed by atoms with E-state index in [9.17, 15) is 4.79 Å². The van der Waals surface area contributed by atoms with Gasteiger partial charge in [-0.3, -0.25) is 4.79 Å². The molecule has 1 aromatic carbocycles. The monoisotopic (exact) mass is 284 g/mol. The molecule has 0 fully saturated rings. The third kappa shape index (κ3) is 3.06. The molecule has 5 nitrogen and oxygen atoms in total. The maximum Gasteiger partial charge on any atom is 0.258 e. The zero-order valence-corrected chi connectivity index (χ0v) is 12.2. The molecule has 0 saturated heterocycles. The van der Waals surface area contributed by atoms with E-state index in [-0.39, 0.29) is 12.5 Å². The van der Waals surface area contributed by atoms with Crippen molar-refractivity contribution >= 4 is 11.6 Å². The molecule has 0 N–H and O–H groups in total. The lowest BCUT2D eigenvalue weighted by Crippen LogP contribution is -2.27. The maximum atomic E-state index is 12.5. The van der Waals surface area contributed by atoms with Gasteiger partial charge in [-0.05, 0) is 38.1 Å². The highest BCUT2D eigenvalue weighted by Gasteiger charge is 2.20. The predicted octanol–water partition coefficient (Wildman–Crippen LogP) is 2.58. The Labute approximate surface area is 123 Å². The van der Waals surface area contributed by atoms with Crippen molar-refractivity contribution < 1.29 is 14.1 Å². The molecule has 108 valence electrons. The minimum absolute atomic E-state index is 0.145. The molecule has 2 aromatic rings. The normalized spacial score (nSPS) is 10.0. The second kappa shape index (κ2) is 6.14. The lowest BCUT2D eigenvalue weighted by Gasteiger charge is -2.16. The Morgan fingerprint density at radius 2 is 2.05 bits per heavy atom. The fourth-order valence-corrected chi connectivity index (χ4v) is 2.07. The molecular weight excluding hydrogens is 268 g/mol. The number of amides is 1. The molecule has 0 radical (unpaired) electrons. The first-order valence-electron chi connectivity index (χ1n) is 6.42. The van der Waals surface area contributed by atoms with Crippen molar-refractivity contribution in [2.75, 3.05) is 18.6 Å². The number of hydrogen-bond donors (Lipinski definition) is 0. The van der Waals surface area contributed by atoms with Crippen LogP contribution in [0.1, 0.15) is 21.8 Å². The summed E-state index contributed by atoms with van der Waals surface area (Å²) in [6.07, 6.45) is 5.13. The fraction of sp³-hybridized carbons (Fsp3) is 0.250. The molecule has 5 heteroatoms. The molecule has 0 aliphatic heterocycles. The summed E-state index contributed by atoms with van der Waals surface area (Å²) in [6, 6.07) is 6.82. The van der Waals surface area contributed by atoms with Crippen LogP contribution in [0, 0.1) is 26.2 Å². The summed E-state index contributed by atoms with van der Waals surface area (Å²) >= 11 is 0. The average molecular weight is 284 g/mol. The van der Waals surface area contributed by atoms with Gasteiger partial charge in [-0.2, -0.15) is 0 Å². The van der Waals surface area contributed by atoms with Gasteiger partial charge in [0.25, 0.3) is 5.91 Å². The van der Waals surface area contributed by atoms with Crippen LogP contribution in [-0.4, -0.2) is 24.7 Å². The van der Waals surface area contributed by atoms with Crippen molar-refractivity contribution in [3.8, 4) is 18.1 Å². The summed E-state index contributed by atoms with van der Waals surface area (Å²) in [5, 5.41) is 3.85. The molecule has 0 saturated carbocycles. The van der Waals surface area contributed by atoms with E-state index < -0.39 is 0 Å². The largest absolute Gasteiger partial charge is 0.481 e. The minimum Gasteiger partial charge on any atom is -0.481 e. The van der Waals surface area contributed by atoms with Gasteiger partial charge in [-0.25, -0.2) is 0 Å². The number of rotatable bonds is 4. The van der Waals surface area contributed by atoms with Gasteiger partial charge < -0.3 is 14.2 Å². The van der Waals surface area contributed by atoms with E-state index in [0.717, 1.165) is 0 Å². The molecule has 21 heavy (non-hydrogen) atoms. The van der Waals surface area contributed by atoms with E-state index in [1.54, 1.807) is 45.2 Å². The maximum absolute atomic E-state index is 12.5. The van der Waals surface area contributed by atoms with Crippen LogP contribution in [-0.2, 0) is 0 Å². The fourth-order valence-electron chi connectivity index (χ4n) is 2.07. The highest BCUT2D eigenvalue weighted by molar-refractivity contribution is 6.06. The van der Waals surface area contributed by atoms with E-state index in [1.807, 2.05) is 0 Å². The second-order valence-electron chi connectivity index (χ2n) is 4.55. The Kier molecular flexibility index (Phi) is 4.29. The van der Waals surface area contributed by atoms with E-state index >= 15 is 0 Å². The molecule has 0 atom stereocenters. The quantitative estimate of drug-likeness (QED) is 0.810. The Balaban J connectivity index is 2.18. The van der Waals surface area contributed by atoms with Gasteiger partial charge in [-0.1, -0.05) is 11.1 Å². The number of aryl methyl sites for hydroxylation is 2.